The van der Waals surface area contributed by atoms with Gasteiger partial charge in [0.05, 0.1) is 35.2 Å². The number of hydrogen-bond acceptors (Lipinski definition) is 6. The van der Waals surface area contributed by atoms with Gasteiger partial charge in [0.1, 0.15) is 0 Å². The average molecular weight is 423 g/mol. The second-order valence-electron chi connectivity index (χ2n) is 6.33. The predicted molar refractivity (Wildman–Crippen MR) is 111 cm³/mol. The topological polar surface area (TPSA) is 97.0 Å². The van der Waals surface area contributed by atoms with Gasteiger partial charge in [-0.3, -0.25) is 14.2 Å². The average Bonchev–Trinajstić information content (AvgIpc) is 2.64. The van der Waals surface area contributed by atoms with Crippen LogP contribution in [0.2, 0.25) is 5.02 Å². The lowest BCUT2D eigenvalue weighted by Crippen LogP contribution is -2.28. The number of fused-ring (bicyclic) bond motifs is 1. The zero-order valence-electron chi connectivity index (χ0n) is 15.9. The lowest BCUT2D eigenvalue weighted by atomic mass is 10.2. The van der Waals surface area contributed by atoms with Crippen molar-refractivity contribution in [3.63, 3.8) is 0 Å². The number of carbonyl (C=O) groups is 1. The van der Waals surface area contributed by atoms with Crippen LogP contribution in [0.1, 0.15) is 26.7 Å². The minimum absolute atomic E-state index is 0.104. The number of nitrogens with zero attached hydrogens (tertiary/aromatic N) is 3. The van der Waals surface area contributed by atoms with Crippen molar-refractivity contribution in [2.24, 2.45) is 0 Å². The molecule has 0 aliphatic carbocycles. The highest BCUT2D eigenvalue weighted by molar-refractivity contribution is 7.99. The third kappa shape index (κ3) is 6.51. The van der Waals surface area contributed by atoms with Gasteiger partial charge in [-0.15, -0.1) is 0 Å². The first-order valence-corrected chi connectivity index (χ1v) is 10.4. The molecule has 0 aliphatic heterocycles. The Labute approximate surface area is 173 Å². The Morgan fingerprint density at radius 2 is 2.25 bits per heavy atom. The van der Waals surface area contributed by atoms with Crippen LogP contribution in [0.5, 0.6) is 0 Å². The Balaban J connectivity index is 2.22. The van der Waals surface area contributed by atoms with Crippen LogP contribution in [0, 0.1) is 11.3 Å². The van der Waals surface area contributed by atoms with Crippen LogP contribution >= 0.6 is 23.4 Å². The van der Waals surface area contributed by atoms with Gasteiger partial charge in [0.2, 0.25) is 5.91 Å². The van der Waals surface area contributed by atoms with Crippen LogP contribution in [0.25, 0.3) is 10.9 Å². The second-order valence-corrected chi connectivity index (χ2v) is 7.71. The van der Waals surface area contributed by atoms with Crippen LogP contribution in [-0.2, 0) is 16.1 Å². The fraction of sp³-hybridized carbons (Fsp3) is 0.474. The molecule has 0 saturated heterocycles. The van der Waals surface area contributed by atoms with E-state index in [1.54, 1.807) is 22.8 Å². The molecule has 0 saturated carbocycles. The second kappa shape index (κ2) is 11.1. The number of benzene rings is 1. The number of hydrogen-bond donors (Lipinski definition) is 1. The minimum atomic E-state index is -0.213. The number of thioether (sulfide) groups is 1. The Morgan fingerprint density at radius 1 is 1.46 bits per heavy atom. The standard InChI is InChI=1S/C19H23ClN4O3S/c1-13(2)27-10-4-9-24-18(26)15-6-5-14(20)11-16(15)23-19(24)28-12-17(25)22-8-3-7-21/h5-6,11,13H,3-4,8-10,12H2,1-2H3,(H,22,25). The molecule has 0 radical (unpaired) electrons. The molecule has 1 aromatic carbocycles. The summed E-state index contributed by atoms with van der Waals surface area (Å²) in [6.07, 6.45) is 1.03. The lowest BCUT2D eigenvalue weighted by Gasteiger charge is -2.14. The van der Waals surface area contributed by atoms with E-state index in [0.29, 0.717) is 47.2 Å². The summed E-state index contributed by atoms with van der Waals surface area (Å²) >= 11 is 7.22. The van der Waals surface area contributed by atoms with Gasteiger partial charge in [0.15, 0.2) is 5.16 Å². The Kier molecular flexibility index (Phi) is 8.77. The molecule has 9 heteroatoms. The fourth-order valence-corrected chi connectivity index (χ4v) is 3.48. The SMILES string of the molecule is CC(C)OCCCn1c(SCC(=O)NCCC#N)nc2cc(Cl)ccc2c1=O. The van der Waals surface area contributed by atoms with Crippen molar-refractivity contribution in [3.05, 3.63) is 33.6 Å². The molecule has 1 N–H and O–H groups in total. The number of amides is 1. The summed E-state index contributed by atoms with van der Waals surface area (Å²) in [4.78, 5) is 29.4. The molecule has 1 heterocycles. The molecule has 1 amide bonds. The van der Waals surface area contributed by atoms with Crippen molar-refractivity contribution in [1.29, 1.82) is 5.26 Å². The molecular formula is C19H23ClN4O3S. The van der Waals surface area contributed by atoms with Crippen LogP contribution < -0.4 is 10.9 Å². The summed E-state index contributed by atoms with van der Waals surface area (Å²) in [6.45, 7) is 5.19. The molecule has 0 unspecified atom stereocenters. The monoisotopic (exact) mass is 422 g/mol. The Hall–Kier alpha value is -2.08. The Morgan fingerprint density at radius 3 is 2.96 bits per heavy atom. The van der Waals surface area contributed by atoms with Gasteiger partial charge in [-0.05, 0) is 38.5 Å². The van der Waals surface area contributed by atoms with E-state index in [1.807, 2.05) is 19.9 Å². The van der Waals surface area contributed by atoms with E-state index in [9.17, 15) is 9.59 Å². The molecule has 0 atom stereocenters. The summed E-state index contributed by atoms with van der Waals surface area (Å²) < 4.78 is 7.13. The molecule has 0 spiro atoms. The molecule has 0 aliphatic rings. The number of nitriles is 1. The van der Waals surface area contributed by atoms with E-state index in [0.717, 1.165) is 0 Å². The van der Waals surface area contributed by atoms with Crippen LogP contribution in [0.15, 0.2) is 28.2 Å². The van der Waals surface area contributed by atoms with Crippen LogP contribution in [-0.4, -0.2) is 40.5 Å². The number of halogens is 1. The maximum atomic E-state index is 12.9. The summed E-state index contributed by atoms with van der Waals surface area (Å²) in [5.41, 5.74) is 0.332. The highest BCUT2D eigenvalue weighted by Crippen LogP contribution is 2.20. The lowest BCUT2D eigenvalue weighted by molar-refractivity contribution is -0.118. The van der Waals surface area contributed by atoms with E-state index >= 15 is 0 Å². The first-order valence-electron chi connectivity index (χ1n) is 9.00. The third-order valence-electron chi connectivity index (χ3n) is 3.75. The van der Waals surface area contributed by atoms with Gasteiger partial charge in [-0.2, -0.15) is 5.26 Å². The molecule has 150 valence electrons. The van der Waals surface area contributed by atoms with Gasteiger partial charge in [-0.1, -0.05) is 23.4 Å². The van der Waals surface area contributed by atoms with Crippen molar-refractivity contribution in [1.82, 2.24) is 14.9 Å². The highest BCUT2D eigenvalue weighted by Gasteiger charge is 2.14. The summed E-state index contributed by atoms with van der Waals surface area (Å²) in [7, 11) is 0. The summed E-state index contributed by atoms with van der Waals surface area (Å²) in [5.74, 6) is -0.109. The van der Waals surface area contributed by atoms with Crippen molar-refractivity contribution < 1.29 is 9.53 Å². The molecule has 0 bridgehead atoms. The normalized spacial score (nSPS) is 11.0. The van der Waals surface area contributed by atoms with E-state index in [2.05, 4.69) is 10.3 Å². The predicted octanol–water partition coefficient (Wildman–Crippen LogP) is 2.99. The molecule has 7 nitrogen and oxygen atoms in total. The van der Waals surface area contributed by atoms with E-state index in [1.165, 1.54) is 11.8 Å². The molecular weight excluding hydrogens is 400 g/mol. The molecule has 1 aromatic heterocycles. The smallest absolute Gasteiger partial charge is 0.262 e. The zero-order valence-corrected chi connectivity index (χ0v) is 17.5. The van der Waals surface area contributed by atoms with Gasteiger partial charge < -0.3 is 10.1 Å². The maximum Gasteiger partial charge on any atom is 0.262 e. The van der Waals surface area contributed by atoms with Crippen molar-refractivity contribution in [2.45, 2.75) is 44.5 Å². The van der Waals surface area contributed by atoms with Crippen molar-refractivity contribution in [2.75, 3.05) is 18.9 Å². The first kappa shape index (κ1) is 22.2. The number of rotatable bonds is 10. The van der Waals surface area contributed by atoms with Gasteiger partial charge in [-0.25, -0.2) is 4.98 Å². The fourth-order valence-electron chi connectivity index (χ4n) is 2.46. The molecule has 28 heavy (non-hydrogen) atoms. The van der Waals surface area contributed by atoms with E-state index in [-0.39, 0.29) is 29.7 Å². The third-order valence-corrected chi connectivity index (χ3v) is 4.96. The van der Waals surface area contributed by atoms with Crippen molar-refractivity contribution >= 4 is 40.2 Å². The number of nitrogens with one attached hydrogen (secondary N) is 1. The van der Waals surface area contributed by atoms with Gasteiger partial charge in [0.25, 0.3) is 5.56 Å². The first-order chi connectivity index (χ1) is 13.4. The molecule has 2 rings (SSSR count). The number of carbonyl (C=O) groups excluding carboxylic acids is 1. The number of aromatic nitrogens is 2. The maximum absolute atomic E-state index is 12.9. The van der Waals surface area contributed by atoms with E-state index in [4.69, 9.17) is 21.6 Å². The minimum Gasteiger partial charge on any atom is -0.379 e. The largest absolute Gasteiger partial charge is 0.379 e. The van der Waals surface area contributed by atoms with Gasteiger partial charge >= 0.3 is 0 Å². The van der Waals surface area contributed by atoms with Crippen LogP contribution in [0.4, 0.5) is 0 Å². The van der Waals surface area contributed by atoms with Gasteiger partial charge in [0, 0.05) is 24.7 Å². The summed E-state index contributed by atoms with van der Waals surface area (Å²) in [6, 6.07) is 6.94. The highest BCUT2D eigenvalue weighted by atomic mass is 35.5. The number of ether oxygens (including phenoxy) is 1. The van der Waals surface area contributed by atoms with E-state index < -0.39 is 0 Å². The molecule has 0 fully saturated rings. The Bertz CT molecular complexity index is 924. The van der Waals surface area contributed by atoms with Crippen molar-refractivity contribution in [3.8, 4) is 6.07 Å². The summed E-state index contributed by atoms with van der Waals surface area (Å²) in [5, 5.41) is 12.6. The van der Waals surface area contributed by atoms with Crippen LogP contribution in [0.3, 0.4) is 0 Å². The quantitative estimate of drug-likeness (QED) is 0.359. The zero-order chi connectivity index (χ0) is 20.5. The molecule has 2 aromatic rings.